The van der Waals surface area contributed by atoms with Crippen LogP contribution in [0, 0.1) is 13.8 Å². The van der Waals surface area contributed by atoms with Crippen molar-refractivity contribution in [2.24, 2.45) is 0 Å². The summed E-state index contributed by atoms with van der Waals surface area (Å²) < 4.78 is 6.04. The minimum Gasteiger partial charge on any atom is -0.487 e. The summed E-state index contributed by atoms with van der Waals surface area (Å²) in [5.41, 5.74) is 5.36. The molecule has 7 heteroatoms. The van der Waals surface area contributed by atoms with Gasteiger partial charge in [0.05, 0.1) is 24.1 Å². The Morgan fingerprint density at radius 3 is 2.72 bits per heavy atom. The van der Waals surface area contributed by atoms with Crippen LogP contribution in [-0.4, -0.2) is 37.0 Å². The van der Waals surface area contributed by atoms with Gasteiger partial charge in [-0.3, -0.25) is 9.88 Å². The predicted molar refractivity (Wildman–Crippen MR) is 124 cm³/mol. The Labute approximate surface area is 189 Å². The molecule has 4 heterocycles. The number of aryl methyl sites for hydroxylation is 2. The van der Waals surface area contributed by atoms with E-state index in [9.17, 15) is 0 Å². The van der Waals surface area contributed by atoms with Gasteiger partial charge in [-0.1, -0.05) is 12.1 Å². The van der Waals surface area contributed by atoms with Crippen LogP contribution < -0.4 is 10.1 Å². The normalized spacial score (nSPS) is 19.6. The van der Waals surface area contributed by atoms with Crippen LogP contribution in [0.25, 0.3) is 0 Å². The molecule has 1 saturated heterocycles. The van der Waals surface area contributed by atoms with E-state index in [4.69, 9.17) is 9.72 Å². The zero-order valence-electron chi connectivity index (χ0n) is 19.2. The van der Waals surface area contributed by atoms with Gasteiger partial charge in [0.25, 0.3) is 0 Å². The Morgan fingerprint density at radius 1 is 1.09 bits per heavy atom. The van der Waals surface area contributed by atoms with Gasteiger partial charge in [-0.2, -0.15) is 0 Å². The summed E-state index contributed by atoms with van der Waals surface area (Å²) in [4.78, 5) is 20.7. The van der Waals surface area contributed by atoms with Crippen LogP contribution in [-0.2, 0) is 13.0 Å². The lowest BCUT2D eigenvalue weighted by Gasteiger charge is -2.24. The minimum atomic E-state index is -0.111. The van der Waals surface area contributed by atoms with E-state index in [1.165, 1.54) is 11.1 Å². The third kappa shape index (κ3) is 4.43. The Balaban J connectivity index is 1.32. The second-order valence-corrected chi connectivity index (χ2v) is 9.54. The Bertz CT molecular complexity index is 1120. The molecule has 0 spiro atoms. The molecular formula is C25H30N6O. The lowest BCUT2D eigenvalue weighted by molar-refractivity contribution is 0.138. The number of ether oxygens (including phenoxy) is 1. The van der Waals surface area contributed by atoms with Gasteiger partial charge in [0.15, 0.2) is 5.82 Å². The van der Waals surface area contributed by atoms with Gasteiger partial charge >= 0.3 is 0 Å². The van der Waals surface area contributed by atoms with E-state index in [0.29, 0.717) is 11.8 Å². The van der Waals surface area contributed by atoms with E-state index >= 15 is 0 Å². The fourth-order valence-corrected chi connectivity index (χ4v) is 4.84. The van der Waals surface area contributed by atoms with Crippen molar-refractivity contribution in [1.29, 1.82) is 0 Å². The summed E-state index contributed by atoms with van der Waals surface area (Å²) in [5.74, 6) is 2.26. The van der Waals surface area contributed by atoms with Crippen molar-refractivity contribution in [1.82, 2.24) is 24.8 Å². The molecule has 5 rings (SSSR count). The molecule has 7 nitrogen and oxygen atoms in total. The van der Waals surface area contributed by atoms with Crippen LogP contribution in [0.2, 0.25) is 0 Å². The molecule has 0 bridgehead atoms. The molecule has 0 unspecified atom stereocenters. The summed E-state index contributed by atoms with van der Waals surface area (Å²) in [7, 11) is 0. The zero-order chi connectivity index (χ0) is 22.3. The first-order valence-corrected chi connectivity index (χ1v) is 11.3. The van der Waals surface area contributed by atoms with Gasteiger partial charge in [0, 0.05) is 24.4 Å². The van der Waals surface area contributed by atoms with Gasteiger partial charge in [-0.15, -0.1) is 0 Å². The molecule has 2 aromatic heterocycles. The van der Waals surface area contributed by atoms with Crippen molar-refractivity contribution >= 4 is 11.8 Å². The number of anilines is 2. The van der Waals surface area contributed by atoms with E-state index in [-0.39, 0.29) is 11.6 Å². The van der Waals surface area contributed by atoms with Crippen LogP contribution >= 0.6 is 0 Å². The standard InChI is InChI=1S/C25H30N6O/c1-16-10-17(2)28-24(27-16)30-23-14-26-13-20(29-23)21-6-5-9-31(21)15-18-7-8-22-19(11-18)12-25(3,4)32-22/h7-8,10-11,13-14,21H,5-6,9,12,15H2,1-4H3,(H,27,28,29,30)/t21-/m1/s1. The fraction of sp³-hybridized carbons (Fsp3) is 0.440. The fourth-order valence-electron chi connectivity index (χ4n) is 4.84. The topological polar surface area (TPSA) is 76.1 Å². The molecule has 2 aliphatic rings. The molecule has 1 N–H and O–H groups in total. The van der Waals surface area contributed by atoms with E-state index in [0.717, 1.165) is 55.2 Å². The number of nitrogens with one attached hydrogen (secondary N) is 1. The summed E-state index contributed by atoms with van der Waals surface area (Å²) in [6.45, 7) is 10.2. The monoisotopic (exact) mass is 430 g/mol. The predicted octanol–water partition coefficient (Wildman–Crippen LogP) is 4.68. The number of likely N-dealkylation sites (tertiary alicyclic amines) is 1. The smallest absolute Gasteiger partial charge is 0.228 e. The largest absolute Gasteiger partial charge is 0.487 e. The molecule has 1 aromatic carbocycles. The maximum absolute atomic E-state index is 6.04. The van der Waals surface area contributed by atoms with Crippen molar-refractivity contribution in [2.45, 2.75) is 65.1 Å². The quantitative estimate of drug-likeness (QED) is 0.630. The first-order chi connectivity index (χ1) is 15.3. The molecule has 1 atom stereocenters. The highest BCUT2D eigenvalue weighted by molar-refractivity contribution is 5.47. The lowest BCUT2D eigenvalue weighted by atomic mass is 10.00. The highest BCUT2D eigenvalue weighted by Gasteiger charge is 2.31. The van der Waals surface area contributed by atoms with E-state index in [1.807, 2.05) is 26.1 Å². The molecular weight excluding hydrogens is 400 g/mol. The number of hydrogen-bond acceptors (Lipinski definition) is 7. The lowest BCUT2D eigenvalue weighted by Crippen LogP contribution is -2.24. The minimum absolute atomic E-state index is 0.111. The maximum Gasteiger partial charge on any atom is 0.228 e. The van der Waals surface area contributed by atoms with E-state index in [1.54, 1.807) is 6.20 Å². The third-order valence-corrected chi connectivity index (χ3v) is 6.09. The first-order valence-electron chi connectivity index (χ1n) is 11.3. The SMILES string of the molecule is Cc1cc(C)nc(Nc2cncc([C@H]3CCCN3Cc3ccc4c(c3)CC(C)(C)O4)n2)n1. The molecule has 0 radical (unpaired) electrons. The Hall–Kier alpha value is -3.06. The zero-order valence-corrected chi connectivity index (χ0v) is 19.2. The van der Waals surface area contributed by atoms with Gasteiger partial charge in [0.1, 0.15) is 11.4 Å². The Kier molecular flexibility index (Phi) is 5.29. The van der Waals surface area contributed by atoms with Crippen molar-refractivity contribution in [3.05, 3.63) is 64.9 Å². The van der Waals surface area contributed by atoms with Gasteiger partial charge in [-0.25, -0.2) is 15.0 Å². The van der Waals surface area contributed by atoms with Crippen LogP contribution in [0.15, 0.2) is 36.7 Å². The highest BCUT2D eigenvalue weighted by Crippen LogP contribution is 2.37. The number of rotatable bonds is 5. The molecule has 0 amide bonds. The first kappa shape index (κ1) is 20.8. The molecule has 3 aromatic rings. The molecule has 166 valence electrons. The van der Waals surface area contributed by atoms with Crippen molar-refractivity contribution in [3.63, 3.8) is 0 Å². The summed E-state index contributed by atoms with van der Waals surface area (Å²) in [6, 6.07) is 8.83. The van der Waals surface area contributed by atoms with Crippen LogP contribution in [0.4, 0.5) is 11.8 Å². The molecule has 32 heavy (non-hydrogen) atoms. The third-order valence-electron chi connectivity index (χ3n) is 6.09. The average molecular weight is 431 g/mol. The van der Waals surface area contributed by atoms with Gasteiger partial charge in [-0.05, 0) is 70.3 Å². The Morgan fingerprint density at radius 2 is 1.91 bits per heavy atom. The van der Waals surface area contributed by atoms with E-state index < -0.39 is 0 Å². The number of nitrogens with zero attached hydrogens (tertiary/aromatic N) is 5. The summed E-state index contributed by atoms with van der Waals surface area (Å²) >= 11 is 0. The summed E-state index contributed by atoms with van der Waals surface area (Å²) in [6.07, 6.45) is 6.81. The van der Waals surface area contributed by atoms with Crippen LogP contribution in [0.1, 0.15) is 60.9 Å². The number of fused-ring (bicyclic) bond motifs is 1. The molecule has 0 aliphatic carbocycles. The van der Waals surface area contributed by atoms with Gasteiger partial charge in [0.2, 0.25) is 5.95 Å². The van der Waals surface area contributed by atoms with Crippen LogP contribution in [0.3, 0.4) is 0 Å². The second-order valence-electron chi connectivity index (χ2n) is 9.54. The van der Waals surface area contributed by atoms with Crippen LogP contribution in [0.5, 0.6) is 5.75 Å². The van der Waals surface area contributed by atoms with Crippen molar-refractivity contribution in [3.8, 4) is 5.75 Å². The second kappa shape index (κ2) is 8.13. The van der Waals surface area contributed by atoms with Crippen molar-refractivity contribution in [2.75, 3.05) is 11.9 Å². The number of hydrogen-bond donors (Lipinski definition) is 1. The highest BCUT2D eigenvalue weighted by atomic mass is 16.5. The maximum atomic E-state index is 6.04. The average Bonchev–Trinajstić information content (AvgIpc) is 3.29. The molecule has 1 fully saturated rings. The molecule has 2 aliphatic heterocycles. The summed E-state index contributed by atoms with van der Waals surface area (Å²) in [5, 5.41) is 3.22. The number of benzene rings is 1. The molecule has 0 saturated carbocycles. The van der Waals surface area contributed by atoms with Crippen molar-refractivity contribution < 1.29 is 4.74 Å². The number of aromatic nitrogens is 4. The van der Waals surface area contributed by atoms with E-state index in [2.05, 4.69) is 57.2 Å². The van der Waals surface area contributed by atoms with Gasteiger partial charge < -0.3 is 10.1 Å².